The zero-order valence-corrected chi connectivity index (χ0v) is 13.0. The Balaban J connectivity index is 2.31. The molecule has 0 saturated carbocycles. The number of halogens is 1. The van der Waals surface area contributed by atoms with Gasteiger partial charge in [-0.05, 0) is 31.5 Å². The van der Waals surface area contributed by atoms with Crippen LogP contribution in [0, 0.1) is 5.82 Å². The van der Waals surface area contributed by atoms with Gasteiger partial charge in [0, 0.05) is 24.8 Å². The summed E-state index contributed by atoms with van der Waals surface area (Å²) in [7, 11) is 5.27. The van der Waals surface area contributed by atoms with Gasteiger partial charge in [0.15, 0.2) is 11.6 Å². The first-order valence-corrected chi connectivity index (χ1v) is 7.11. The van der Waals surface area contributed by atoms with Gasteiger partial charge in [-0.15, -0.1) is 0 Å². The molecule has 4 nitrogen and oxygen atoms in total. The SMILES string of the molecule is CCc1nn(C)cc1C(Cc1cccc(OC)c1F)NC. The summed E-state index contributed by atoms with van der Waals surface area (Å²) in [6.45, 7) is 2.07. The first-order chi connectivity index (χ1) is 10.1. The second-order valence-corrected chi connectivity index (χ2v) is 5.04. The highest BCUT2D eigenvalue weighted by Gasteiger charge is 2.19. The van der Waals surface area contributed by atoms with Crippen molar-refractivity contribution in [2.24, 2.45) is 7.05 Å². The number of likely N-dealkylation sites (N-methyl/N-ethyl adjacent to an activating group) is 1. The van der Waals surface area contributed by atoms with Crippen molar-refractivity contribution in [3.05, 3.63) is 47.0 Å². The van der Waals surface area contributed by atoms with Gasteiger partial charge in [0.05, 0.1) is 12.8 Å². The van der Waals surface area contributed by atoms with Crippen molar-refractivity contribution in [1.29, 1.82) is 0 Å². The summed E-state index contributed by atoms with van der Waals surface area (Å²) in [5.74, 6) is -0.00792. The Bertz CT molecular complexity index is 610. The molecule has 1 N–H and O–H groups in total. The van der Waals surface area contributed by atoms with E-state index in [0.29, 0.717) is 12.0 Å². The molecule has 114 valence electrons. The zero-order chi connectivity index (χ0) is 15.4. The first-order valence-electron chi connectivity index (χ1n) is 7.11. The molecule has 0 fully saturated rings. The third-order valence-electron chi connectivity index (χ3n) is 3.68. The number of methoxy groups -OCH3 is 1. The summed E-state index contributed by atoms with van der Waals surface area (Å²) >= 11 is 0. The van der Waals surface area contributed by atoms with Gasteiger partial charge in [-0.1, -0.05) is 19.1 Å². The van der Waals surface area contributed by atoms with E-state index >= 15 is 0 Å². The zero-order valence-electron chi connectivity index (χ0n) is 13.0. The van der Waals surface area contributed by atoms with Crippen LogP contribution in [0.3, 0.4) is 0 Å². The Morgan fingerprint density at radius 3 is 2.81 bits per heavy atom. The number of benzene rings is 1. The molecule has 21 heavy (non-hydrogen) atoms. The molecule has 0 saturated heterocycles. The quantitative estimate of drug-likeness (QED) is 0.889. The minimum Gasteiger partial charge on any atom is -0.494 e. The minimum atomic E-state index is -0.290. The second-order valence-electron chi connectivity index (χ2n) is 5.04. The third kappa shape index (κ3) is 3.24. The maximum absolute atomic E-state index is 14.3. The molecule has 0 radical (unpaired) electrons. The molecule has 1 atom stereocenters. The molecule has 2 rings (SSSR count). The van der Waals surface area contributed by atoms with E-state index in [-0.39, 0.29) is 17.6 Å². The van der Waals surface area contributed by atoms with Crippen LogP contribution in [0.5, 0.6) is 5.75 Å². The van der Waals surface area contributed by atoms with Gasteiger partial charge in [0.25, 0.3) is 0 Å². The molecule has 0 spiro atoms. The van der Waals surface area contributed by atoms with Crippen molar-refractivity contribution in [2.45, 2.75) is 25.8 Å². The molecule has 0 aliphatic heterocycles. The molecule has 2 aromatic rings. The minimum absolute atomic E-state index is 0.0234. The average molecular weight is 291 g/mol. The number of aromatic nitrogens is 2. The number of nitrogens with one attached hydrogen (secondary N) is 1. The van der Waals surface area contributed by atoms with Crippen LogP contribution in [0.2, 0.25) is 0 Å². The fraction of sp³-hybridized carbons (Fsp3) is 0.438. The highest BCUT2D eigenvalue weighted by atomic mass is 19.1. The topological polar surface area (TPSA) is 39.1 Å². The van der Waals surface area contributed by atoms with Crippen LogP contribution >= 0.6 is 0 Å². The van der Waals surface area contributed by atoms with Crippen LogP contribution in [0.1, 0.15) is 29.8 Å². The van der Waals surface area contributed by atoms with Crippen molar-refractivity contribution in [2.75, 3.05) is 14.2 Å². The predicted molar refractivity (Wildman–Crippen MR) is 81.0 cm³/mol. The highest BCUT2D eigenvalue weighted by Crippen LogP contribution is 2.26. The van der Waals surface area contributed by atoms with Crippen LogP contribution < -0.4 is 10.1 Å². The van der Waals surface area contributed by atoms with Crippen LogP contribution in [0.15, 0.2) is 24.4 Å². The molecule has 1 aromatic heterocycles. The highest BCUT2D eigenvalue weighted by molar-refractivity contribution is 5.33. The predicted octanol–water partition coefficient (Wildman–Crippen LogP) is 2.63. The van der Waals surface area contributed by atoms with Crippen molar-refractivity contribution in [3.63, 3.8) is 0 Å². The lowest BCUT2D eigenvalue weighted by atomic mass is 9.98. The van der Waals surface area contributed by atoms with Gasteiger partial charge >= 0.3 is 0 Å². The Hall–Kier alpha value is -1.88. The van der Waals surface area contributed by atoms with E-state index < -0.39 is 0 Å². The Kier molecular flexibility index (Phi) is 4.96. The molecule has 1 heterocycles. The van der Waals surface area contributed by atoms with Crippen LogP contribution in [0.4, 0.5) is 4.39 Å². The van der Waals surface area contributed by atoms with Crippen molar-refractivity contribution in [3.8, 4) is 5.75 Å². The molecular formula is C16H22FN3O. The number of nitrogens with zero attached hydrogens (tertiary/aromatic N) is 2. The van der Waals surface area contributed by atoms with E-state index in [1.54, 1.807) is 16.8 Å². The standard InChI is InChI=1S/C16H22FN3O/c1-5-13-12(10-20(3)19-13)14(18-2)9-11-7-6-8-15(21-4)16(11)17/h6-8,10,14,18H,5,9H2,1-4H3. The van der Waals surface area contributed by atoms with E-state index in [2.05, 4.69) is 17.3 Å². The molecule has 0 bridgehead atoms. The van der Waals surface area contributed by atoms with Crippen molar-refractivity contribution >= 4 is 0 Å². The van der Waals surface area contributed by atoms with E-state index in [9.17, 15) is 4.39 Å². The fourth-order valence-electron chi connectivity index (χ4n) is 2.58. The molecule has 0 aliphatic carbocycles. The molecule has 0 amide bonds. The maximum Gasteiger partial charge on any atom is 0.168 e. The van der Waals surface area contributed by atoms with Gasteiger partial charge in [0.2, 0.25) is 0 Å². The summed E-state index contributed by atoms with van der Waals surface area (Å²) in [6.07, 6.45) is 3.41. The van der Waals surface area contributed by atoms with Gasteiger partial charge < -0.3 is 10.1 Å². The maximum atomic E-state index is 14.3. The Morgan fingerprint density at radius 2 is 2.19 bits per heavy atom. The Morgan fingerprint density at radius 1 is 1.43 bits per heavy atom. The van der Waals surface area contributed by atoms with Crippen LogP contribution in [-0.2, 0) is 19.9 Å². The largest absolute Gasteiger partial charge is 0.494 e. The lowest BCUT2D eigenvalue weighted by Crippen LogP contribution is -2.20. The summed E-state index contributed by atoms with van der Waals surface area (Å²) in [4.78, 5) is 0. The van der Waals surface area contributed by atoms with Gasteiger partial charge in [0.1, 0.15) is 0 Å². The van der Waals surface area contributed by atoms with E-state index in [1.165, 1.54) is 7.11 Å². The lowest BCUT2D eigenvalue weighted by Gasteiger charge is -2.17. The third-order valence-corrected chi connectivity index (χ3v) is 3.68. The van der Waals surface area contributed by atoms with Crippen LogP contribution in [-0.4, -0.2) is 23.9 Å². The normalized spacial score (nSPS) is 12.4. The summed E-state index contributed by atoms with van der Waals surface area (Å²) in [5.41, 5.74) is 2.80. The van der Waals surface area contributed by atoms with E-state index in [4.69, 9.17) is 4.74 Å². The van der Waals surface area contributed by atoms with Crippen molar-refractivity contribution < 1.29 is 9.13 Å². The van der Waals surface area contributed by atoms with E-state index in [1.807, 2.05) is 26.4 Å². The summed E-state index contributed by atoms with van der Waals surface area (Å²) in [5, 5.41) is 7.71. The summed E-state index contributed by atoms with van der Waals surface area (Å²) in [6, 6.07) is 5.27. The second kappa shape index (κ2) is 6.72. The fourth-order valence-corrected chi connectivity index (χ4v) is 2.58. The number of ether oxygens (including phenoxy) is 1. The molecular weight excluding hydrogens is 269 g/mol. The van der Waals surface area contributed by atoms with Gasteiger partial charge in [-0.3, -0.25) is 4.68 Å². The molecule has 1 aromatic carbocycles. The lowest BCUT2D eigenvalue weighted by molar-refractivity contribution is 0.383. The Labute approximate surface area is 124 Å². The number of aryl methyl sites for hydroxylation is 2. The van der Waals surface area contributed by atoms with E-state index in [0.717, 1.165) is 17.7 Å². The van der Waals surface area contributed by atoms with Crippen LogP contribution in [0.25, 0.3) is 0 Å². The number of hydrogen-bond acceptors (Lipinski definition) is 3. The van der Waals surface area contributed by atoms with Gasteiger partial charge in [-0.2, -0.15) is 5.10 Å². The first kappa shape index (κ1) is 15.5. The number of hydrogen-bond donors (Lipinski definition) is 1. The number of rotatable bonds is 6. The molecule has 1 unspecified atom stereocenters. The van der Waals surface area contributed by atoms with Gasteiger partial charge in [-0.25, -0.2) is 4.39 Å². The summed E-state index contributed by atoms with van der Waals surface area (Å²) < 4.78 is 21.1. The monoisotopic (exact) mass is 291 g/mol. The van der Waals surface area contributed by atoms with Crippen molar-refractivity contribution in [1.82, 2.24) is 15.1 Å². The molecule has 0 aliphatic rings. The molecule has 5 heteroatoms. The average Bonchev–Trinajstić information content (AvgIpc) is 2.87. The smallest absolute Gasteiger partial charge is 0.168 e.